The van der Waals surface area contributed by atoms with Crippen LogP contribution in [0.15, 0.2) is 0 Å². The molecule has 0 amide bonds. The molecule has 1 atom stereocenters. The molecule has 0 radical (unpaired) electrons. The van der Waals surface area contributed by atoms with Gasteiger partial charge in [0.15, 0.2) is 5.78 Å². The zero-order valence-electron chi connectivity index (χ0n) is 9.20. The van der Waals surface area contributed by atoms with E-state index in [9.17, 15) is 4.79 Å². The lowest BCUT2D eigenvalue weighted by Crippen LogP contribution is -2.15. The first kappa shape index (κ1) is 10.4. The van der Waals surface area contributed by atoms with Crippen LogP contribution in [0.1, 0.15) is 52.0 Å². The number of nitrogens with zero attached hydrogens (tertiary/aromatic N) is 1. The molecule has 1 aliphatic heterocycles. The van der Waals surface area contributed by atoms with E-state index < -0.39 is 0 Å². The Labute approximate surface area is 98.8 Å². The average Bonchev–Trinajstić information content (AvgIpc) is 2.76. The molecule has 1 aliphatic carbocycles. The molecule has 3 nitrogen and oxygen atoms in total. The zero-order valence-corrected chi connectivity index (χ0v) is 10.0. The number of fused-ring (bicyclic) bond motifs is 1. The fourth-order valence-corrected chi connectivity index (χ4v) is 3.60. The van der Waals surface area contributed by atoms with Gasteiger partial charge >= 0.3 is 0 Å². The standard InChI is InChI=1S/C12H15NO2S/c14-10-5-1-4-9-11(10)16-12(13-9)8-3-2-6-15-7-8/h8H,1-7H2. The molecular formula is C12H15NO2S. The van der Waals surface area contributed by atoms with Crippen LogP contribution in [-0.2, 0) is 11.2 Å². The number of carbonyl (C=O) groups excluding carboxylic acids is 1. The Morgan fingerprint density at radius 3 is 3.00 bits per heavy atom. The third-order valence-corrected chi connectivity index (χ3v) is 4.60. The van der Waals surface area contributed by atoms with Crippen molar-refractivity contribution >= 4 is 17.1 Å². The van der Waals surface area contributed by atoms with Gasteiger partial charge in [0.1, 0.15) is 0 Å². The summed E-state index contributed by atoms with van der Waals surface area (Å²) in [6.45, 7) is 1.65. The van der Waals surface area contributed by atoms with E-state index in [2.05, 4.69) is 4.98 Å². The molecule has 3 rings (SSSR count). The molecule has 0 bridgehead atoms. The summed E-state index contributed by atoms with van der Waals surface area (Å²) in [5.41, 5.74) is 1.04. The number of Topliss-reactive ketones (excluding diaryl/α,β-unsaturated/α-hetero) is 1. The number of hydrogen-bond acceptors (Lipinski definition) is 4. The number of thiazole rings is 1. The van der Waals surface area contributed by atoms with Gasteiger partial charge in [-0.05, 0) is 25.7 Å². The van der Waals surface area contributed by atoms with Crippen molar-refractivity contribution in [3.63, 3.8) is 0 Å². The molecule has 0 saturated carbocycles. The fourth-order valence-electron chi connectivity index (χ4n) is 2.40. The number of carbonyl (C=O) groups is 1. The van der Waals surface area contributed by atoms with Crippen molar-refractivity contribution in [1.82, 2.24) is 4.98 Å². The summed E-state index contributed by atoms with van der Waals surface area (Å²) in [4.78, 5) is 17.3. The Balaban J connectivity index is 1.88. The molecule has 2 heterocycles. The van der Waals surface area contributed by atoms with E-state index in [1.165, 1.54) is 0 Å². The molecule has 4 heteroatoms. The summed E-state index contributed by atoms with van der Waals surface area (Å²) in [6.07, 6.45) is 4.92. The van der Waals surface area contributed by atoms with Crippen LogP contribution in [0.25, 0.3) is 0 Å². The second-order valence-corrected chi connectivity index (χ2v) is 5.55. The highest BCUT2D eigenvalue weighted by Gasteiger charge is 2.26. The number of aryl methyl sites for hydroxylation is 1. The Morgan fingerprint density at radius 2 is 2.25 bits per heavy atom. The molecule has 16 heavy (non-hydrogen) atoms. The minimum absolute atomic E-state index is 0.293. The second-order valence-electron chi connectivity index (χ2n) is 4.52. The molecule has 1 saturated heterocycles. The van der Waals surface area contributed by atoms with Crippen molar-refractivity contribution in [1.29, 1.82) is 0 Å². The molecule has 1 unspecified atom stereocenters. The first-order valence-electron chi connectivity index (χ1n) is 5.95. The highest BCUT2D eigenvalue weighted by atomic mass is 32.1. The number of ether oxygens (including phenoxy) is 1. The summed E-state index contributed by atoms with van der Waals surface area (Å²) < 4.78 is 5.48. The van der Waals surface area contributed by atoms with Gasteiger partial charge in [-0.1, -0.05) is 0 Å². The Bertz CT molecular complexity index is 407. The monoisotopic (exact) mass is 237 g/mol. The lowest BCUT2D eigenvalue weighted by atomic mass is 10.0. The Kier molecular flexibility index (Phi) is 2.77. The van der Waals surface area contributed by atoms with E-state index in [1.54, 1.807) is 11.3 Å². The average molecular weight is 237 g/mol. The third-order valence-electron chi connectivity index (χ3n) is 3.29. The van der Waals surface area contributed by atoms with Gasteiger partial charge in [-0.15, -0.1) is 11.3 Å². The highest BCUT2D eigenvalue weighted by molar-refractivity contribution is 7.14. The molecule has 0 N–H and O–H groups in total. The third kappa shape index (κ3) is 1.80. The van der Waals surface area contributed by atoms with Crippen LogP contribution in [0.3, 0.4) is 0 Å². The lowest BCUT2D eigenvalue weighted by Gasteiger charge is -2.19. The van der Waals surface area contributed by atoms with Gasteiger partial charge in [-0.2, -0.15) is 0 Å². The molecule has 1 fully saturated rings. The fraction of sp³-hybridized carbons (Fsp3) is 0.667. The molecule has 2 aliphatic rings. The predicted octanol–water partition coefficient (Wildman–Crippen LogP) is 2.56. The van der Waals surface area contributed by atoms with E-state index in [1.807, 2.05) is 0 Å². The van der Waals surface area contributed by atoms with Crippen molar-refractivity contribution in [2.75, 3.05) is 13.2 Å². The number of hydrogen-bond donors (Lipinski definition) is 0. The topological polar surface area (TPSA) is 39.2 Å². The molecule has 0 aromatic carbocycles. The van der Waals surface area contributed by atoms with Crippen LogP contribution >= 0.6 is 11.3 Å². The summed E-state index contributed by atoms with van der Waals surface area (Å²) >= 11 is 1.61. The quantitative estimate of drug-likeness (QED) is 0.753. The molecule has 86 valence electrons. The number of rotatable bonds is 1. The Morgan fingerprint density at radius 1 is 1.31 bits per heavy atom. The van der Waals surface area contributed by atoms with E-state index in [-0.39, 0.29) is 0 Å². The van der Waals surface area contributed by atoms with Gasteiger partial charge in [-0.3, -0.25) is 4.79 Å². The minimum atomic E-state index is 0.293. The first-order valence-corrected chi connectivity index (χ1v) is 6.77. The van der Waals surface area contributed by atoms with E-state index >= 15 is 0 Å². The van der Waals surface area contributed by atoms with E-state index in [0.29, 0.717) is 18.1 Å². The zero-order chi connectivity index (χ0) is 11.0. The SMILES string of the molecule is O=C1CCCc2nc(C3CCCOC3)sc21. The van der Waals surface area contributed by atoms with Crippen molar-refractivity contribution in [2.24, 2.45) is 0 Å². The van der Waals surface area contributed by atoms with Gasteiger partial charge in [0, 0.05) is 18.9 Å². The normalized spacial score (nSPS) is 25.5. The summed E-state index contributed by atoms with van der Waals surface area (Å²) in [7, 11) is 0. The van der Waals surface area contributed by atoms with Crippen LogP contribution in [-0.4, -0.2) is 24.0 Å². The predicted molar refractivity (Wildman–Crippen MR) is 62.2 cm³/mol. The van der Waals surface area contributed by atoms with Crippen LogP contribution in [0.2, 0.25) is 0 Å². The van der Waals surface area contributed by atoms with Gasteiger partial charge in [-0.25, -0.2) is 4.98 Å². The van der Waals surface area contributed by atoms with Crippen molar-refractivity contribution in [3.8, 4) is 0 Å². The second kappa shape index (κ2) is 4.26. The Hall–Kier alpha value is -0.740. The van der Waals surface area contributed by atoms with Crippen LogP contribution in [0.5, 0.6) is 0 Å². The van der Waals surface area contributed by atoms with Crippen LogP contribution in [0, 0.1) is 0 Å². The van der Waals surface area contributed by atoms with E-state index in [4.69, 9.17) is 4.74 Å². The van der Waals surface area contributed by atoms with Crippen molar-refractivity contribution < 1.29 is 9.53 Å². The van der Waals surface area contributed by atoms with Gasteiger partial charge in [0.2, 0.25) is 0 Å². The maximum Gasteiger partial charge on any atom is 0.174 e. The maximum absolute atomic E-state index is 11.7. The summed E-state index contributed by atoms with van der Waals surface area (Å²) in [5, 5.41) is 1.12. The smallest absolute Gasteiger partial charge is 0.174 e. The molecular weight excluding hydrogens is 222 g/mol. The molecule has 0 spiro atoms. The number of aromatic nitrogens is 1. The van der Waals surface area contributed by atoms with Gasteiger partial charge < -0.3 is 4.74 Å². The van der Waals surface area contributed by atoms with Crippen LogP contribution in [0.4, 0.5) is 0 Å². The number of ketones is 1. The summed E-state index contributed by atoms with van der Waals surface area (Å²) in [5.74, 6) is 0.721. The molecule has 1 aromatic rings. The maximum atomic E-state index is 11.7. The van der Waals surface area contributed by atoms with Crippen molar-refractivity contribution in [2.45, 2.75) is 38.0 Å². The minimum Gasteiger partial charge on any atom is -0.381 e. The highest BCUT2D eigenvalue weighted by Crippen LogP contribution is 2.33. The largest absolute Gasteiger partial charge is 0.381 e. The molecule has 1 aromatic heterocycles. The van der Waals surface area contributed by atoms with E-state index in [0.717, 1.165) is 54.5 Å². The summed E-state index contributed by atoms with van der Waals surface area (Å²) in [6, 6.07) is 0. The van der Waals surface area contributed by atoms with Gasteiger partial charge in [0.25, 0.3) is 0 Å². The van der Waals surface area contributed by atoms with Crippen LogP contribution < -0.4 is 0 Å². The first-order chi connectivity index (χ1) is 7.84. The van der Waals surface area contributed by atoms with Crippen molar-refractivity contribution in [3.05, 3.63) is 15.6 Å². The lowest BCUT2D eigenvalue weighted by molar-refractivity contribution is 0.0803. The van der Waals surface area contributed by atoms with Gasteiger partial charge in [0.05, 0.1) is 22.2 Å².